The number of carbonyl (C=O) groups excluding carboxylic acids is 1. The van der Waals surface area contributed by atoms with Crippen LogP contribution in [-0.4, -0.2) is 26.9 Å². The highest BCUT2D eigenvalue weighted by Crippen LogP contribution is 2.29. The van der Waals surface area contributed by atoms with Gasteiger partial charge in [-0.2, -0.15) is 0 Å². The number of carbonyl (C=O) groups is 1. The molecule has 25 heavy (non-hydrogen) atoms. The van der Waals surface area contributed by atoms with Crippen molar-refractivity contribution in [1.29, 1.82) is 0 Å². The molecule has 0 spiro atoms. The SMILES string of the molecule is Cc1ccccc1[C@H](C)N(CC(C)C)C(=O)[C@@H]1CCn2cncc2C1. The Morgan fingerprint density at radius 3 is 2.80 bits per heavy atom. The first-order valence-corrected chi connectivity index (χ1v) is 9.32. The van der Waals surface area contributed by atoms with Crippen molar-refractivity contribution in [1.82, 2.24) is 14.5 Å². The number of aromatic nitrogens is 2. The second-order valence-electron chi connectivity index (χ2n) is 7.69. The molecule has 1 aromatic carbocycles. The van der Waals surface area contributed by atoms with Crippen LogP contribution < -0.4 is 0 Å². The summed E-state index contributed by atoms with van der Waals surface area (Å²) in [4.78, 5) is 19.7. The number of aryl methyl sites for hydroxylation is 2. The third kappa shape index (κ3) is 3.78. The fraction of sp³-hybridized carbons (Fsp3) is 0.524. The summed E-state index contributed by atoms with van der Waals surface area (Å²) < 4.78 is 2.17. The van der Waals surface area contributed by atoms with Gasteiger partial charge in [-0.3, -0.25) is 4.79 Å². The Morgan fingerprint density at radius 2 is 2.08 bits per heavy atom. The average molecular weight is 339 g/mol. The highest BCUT2D eigenvalue weighted by atomic mass is 16.2. The van der Waals surface area contributed by atoms with Gasteiger partial charge in [0.25, 0.3) is 0 Å². The van der Waals surface area contributed by atoms with Crippen LogP contribution in [0.25, 0.3) is 0 Å². The molecule has 0 bridgehead atoms. The first-order chi connectivity index (χ1) is 12.0. The van der Waals surface area contributed by atoms with E-state index in [4.69, 9.17) is 0 Å². The predicted molar refractivity (Wildman–Crippen MR) is 100 cm³/mol. The minimum atomic E-state index is 0.0643. The Hall–Kier alpha value is -2.10. The normalized spacial score (nSPS) is 18.0. The molecule has 0 aliphatic carbocycles. The van der Waals surface area contributed by atoms with Gasteiger partial charge in [-0.1, -0.05) is 38.1 Å². The van der Waals surface area contributed by atoms with Gasteiger partial charge < -0.3 is 9.47 Å². The molecule has 0 radical (unpaired) electrons. The summed E-state index contributed by atoms with van der Waals surface area (Å²) in [5.74, 6) is 0.802. The first-order valence-electron chi connectivity index (χ1n) is 9.32. The zero-order valence-corrected chi connectivity index (χ0v) is 15.8. The summed E-state index contributed by atoms with van der Waals surface area (Å²) in [6.45, 7) is 10.3. The van der Waals surface area contributed by atoms with Gasteiger partial charge in [0, 0.05) is 37.3 Å². The Kier molecular flexibility index (Phi) is 5.26. The van der Waals surface area contributed by atoms with Crippen LogP contribution >= 0.6 is 0 Å². The molecule has 2 atom stereocenters. The van der Waals surface area contributed by atoms with Crippen LogP contribution in [0.3, 0.4) is 0 Å². The predicted octanol–water partition coefficient (Wildman–Crippen LogP) is 4.00. The van der Waals surface area contributed by atoms with Gasteiger partial charge in [-0.15, -0.1) is 0 Å². The van der Waals surface area contributed by atoms with E-state index in [1.165, 1.54) is 16.8 Å². The molecule has 0 saturated carbocycles. The topological polar surface area (TPSA) is 38.1 Å². The Balaban J connectivity index is 1.83. The lowest BCUT2D eigenvalue weighted by Crippen LogP contribution is -2.42. The molecule has 1 amide bonds. The summed E-state index contributed by atoms with van der Waals surface area (Å²) in [5, 5.41) is 0. The van der Waals surface area contributed by atoms with Crippen LogP contribution in [0.5, 0.6) is 0 Å². The second kappa shape index (κ2) is 7.42. The van der Waals surface area contributed by atoms with E-state index in [-0.39, 0.29) is 17.9 Å². The number of amides is 1. The number of rotatable bonds is 5. The van der Waals surface area contributed by atoms with Crippen molar-refractivity contribution in [3.05, 3.63) is 53.6 Å². The maximum Gasteiger partial charge on any atom is 0.226 e. The van der Waals surface area contributed by atoms with E-state index in [1.54, 1.807) is 0 Å². The lowest BCUT2D eigenvalue weighted by atomic mass is 9.92. The third-order valence-electron chi connectivity index (χ3n) is 5.27. The van der Waals surface area contributed by atoms with Crippen molar-refractivity contribution in [2.75, 3.05) is 6.54 Å². The van der Waals surface area contributed by atoms with Gasteiger partial charge in [-0.05, 0) is 37.3 Å². The van der Waals surface area contributed by atoms with Crippen LogP contribution in [0.4, 0.5) is 0 Å². The van der Waals surface area contributed by atoms with Gasteiger partial charge in [0.05, 0.1) is 12.4 Å². The van der Waals surface area contributed by atoms with Crippen molar-refractivity contribution in [3.63, 3.8) is 0 Å². The number of hydrogen-bond donors (Lipinski definition) is 0. The monoisotopic (exact) mass is 339 g/mol. The van der Waals surface area contributed by atoms with Crippen LogP contribution in [0.2, 0.25) is 0 Å². The molecule has 0 unspecified atom stereocenters. The van der Waals surface area contributed by atoms with Gasteiger partial charge in [0.15, 0.2) is 0 Å². The molecule has 0 saturated heterocycles. The standard InChI is InChI=1S/C21H29N3O/c1-15(2)13-24(17(4)20-8-6-5-7-16(20)3)21(25)18-9-10-23-14-22-12-19(23)11-18/h5-8,12,14-15,17-18H,9-11,13H2,1-4H3/t17-,18+/m0/s1. The molecule has 4 heteroatoms. The average Bonchev–Trinajstić information content (AvgIpc) is 3.06. The molecule has 4 nitrogen and oxygen atoms in total. The maximum atomic E-state index is 13.4. The first kappa shape index (κ1) is 17.7. The van der Waals surface area contributed by atoms with Crippen molar-refractivity contribution < 1.29 is 4.79 Å². The molecule has 1 aliphatic rings. The van der Waals surface area contributed by atoms with Crippen LogP contribution in [0.1, 0.15) is 50.1 Å². The van der Waals surface area contributed by atoms with Gasteiger partial charge in [0.2, 0.25) is 5.91 Å². The lowest BCUT2D eigenvalue weighted by Gasteiger charge is -2.36. The number of imidazole rings is 1. The van der Waals surface area contributed by atoms with Gasteiger partial charge >= 0.3 is 0 Å². The number of hydrogen-bond acceptors (Lipinski definition) is 2. The Bertz CT molecular complexity index is 734. The number of benzene rings is 1. The second-order valence-corrected chi connectivity index (χ2v) is 7.69. The van der Waals surface area contributed by atoms with Gasteiger partial charge in [-0.25, -0.2) is 4.98 Å². The molecule has 0 fully saturated rings. The highest BCUT2D eigenvalue weighted by molar-refractivity contribution is 5.79. The van der Waals surface area contributed by atoms with E-state index in [2.05, 4.69) is 66.4 Å². The largest absolute Gasteiger partial charge is 0.335 e. The van der Waals surface area contributed by atoms with E-state index < -0.39 is 0 Å². The zero-order valence-electron chi connectivity index (χ0n) is 15.8. The molecule has 0 N–H and O–H groups in total. The Morgan fingerprint density at radius 1 is 1.32 bits per heavy atom. The molecular formula is C21H29N3O. The maximum absolute atomic E-state index is 13.4. The third-order valence-corrected chi connectivity index (χ3v) is 5.27. The lowest BCUT2D eigenvalue weighted by molar-refractivity contribution is -0.139. The minimum absolute atomic E-state index is 0.0643. The smallest absolute Gasteiger partial charge is 0.226 e. The molecule has 2 heterocycles. The van der Waals surface area contributed by atoms with E-state index in [0.29, 0.717) is 5.92 Å². The summed E-state index contributed by atoms with van der Waals surface area (Å²) in [7, 11) is 0. The van der Waals surface area contributed by atoms with Crippen molar-refractivity contribution in [3.8, 4) is 0 Å². The molecule has 2 aromatic rings. The molecular weight excluding hydrogens is 310 g/mol. The van der Waals surface area contributed by atoms with Gasteiger partial charge in [0.1, 0.15) is 0 Å². The zero-order chi connectivity index (χ0) is 18.0. The fourth-order valence-electron chi connectivity index (χ4n) is 3.87. The minimum Gasteiger partial charge on any atom is -0.335 e. The highest BCUT2D eigenvalue weighted by Gasteiger charge is 2.32. The molecule has 1 aromatic heterocycles. The van der Waals surface area contributed by atoms with Crippen LogP contribution in [0.15, 0.2) is 36.8 Å². The fourth-order valence-corrected chi connectivity index (χ4v) is 3.87. The summed E-state index contributed by atoms with van der Waals surface area (Å²) >= 11 is 0. The van der Waals surface area contributed by atoms with Crippen molar-refractivity contribution >= 4 is 5.91 Å². The summed E-state index contributed by atoms with van der Waals surface area (Å²) in [6, 6.07) is 8.50. The molecule has 3 rings (SSSR count). The van der Waals surface area contributed by atoms with Crippen LogP contribution in [-0.2, 0) is 17.8 Å². The van der Waals surface area contributed by atoms with Crippen molar-refractivity contribution in [2.45, 2.75) is 53.1 Å². The Labute approximate surface area is 150 Å². The summed E-state index contributed by atoms with van der Waals surface area (Å²) in [6.07, 6.45) is 5.47. The quantitative estimate of drug-likeness (QED) is 0.826. The van der Waals surface area contributed by atoms with E-state index in [9.17, 15) is 4.79 Å². The summed E-state index contributed by atoms with van der Waals surface area (Å²) in [5.41, 5.74) is 3.67. The number of nitrogens with zero attached hydrogens (tertiary/aromatic N) is 3. The van der Waals surface area contributed by atoms with Crippen molar-refractivity contribution in [2.24, 2.45) is 11.8 Å². The van der Waals surface area contributed by atoms with E-state index in [1.807, 2.05) is 12.5 Å². The molecule has 1 aliphatic heterocycles. The number of fused-ring (bicyclic) bond motifs is 1. The molecule has 134 valence electrons. The van der Waals surface area contributed by atoms with Crippen LogP contribution in [0, 0.1) is 18.8 Å². The van der Waals surface area contributed by atoms with E-state index in [0.717, 1.165) is 25.9 Å². The van der Waals surface area contributed by atoms with E-state index >= 15 is 0 Å².